The number of hydrogen-bond donors (Lipinski definition) is 1. The molecule has 0 aromatic carbocycles. The number of aromatic nitrogens is 1. The summed E-state index contributed by atoms with van der Waals surface area (Å²) in [4.78, 5) is 4.31. The highest BCUT2D eigenvalue weighted by atomic mass is 79.9. The molecule has 0 amide bonds. The first-order valence-electron chi connectivity index (χ1n) is 5.48. The molecule has 3 heteroatoms. The Hall–Kier alpha value is -0.570. The summed E-state index contributed by atoms with van der Waals surface area (Å²) in [5.41, 5.74) is 0.536. The first-order valence-corrected chi connectivity index (χ1v) is 6.27. The highest BCUT2D eigenvalue weighted by molar-refractivity contribution is 9.10. The van der Waals surface area contributed by atoms with Gasteiger partial charge in [-0.1, -0.05) is 13.8 Å². The second-order valence-electron chi connectivity index (χ2n) is 4.73. The van der Waals surface area contributed by atoms with Gasteiger partial charge >= 0.3 is 0 Å². The van der Waals surface area contributed by atoms with E-state index in [0.29, 0.717) is 5.41 Å². The lowest BCUT2D eigenvalue weighted by Crippen LogP contribution is -2.21. The minimum absolute atomic E-state index is 0.536. The summed E-state index contributed by atoms with van der Waals surface area (Å²) >= 11 is 3.38. The number of anilines is 1. The van der Waals surface area contributed by atoms with Crippen LogP contribution in [-0.4, -0.2) is 11.5 Å². The first-order chi connectivity index (χ1) is 7.12. The fraction of sp³-hybridized carbons (Fsp3) is 0.583. The van der Waals surface area contributed by atoms with Crippen molar-refractivity contribution in [2.24, 2.45) is 11.3 Å². The Morgan fingerprint density at radius 2 is 2.20 bits per heavy atom. The van der Waals surface area contributed by atoms with E-state index in [1.165, 1.54) is 12.8 Å². The normalized spacial score (nSPS) is 17.9. The van der Waals surface area contributed by atoms with Gasteiger partial charge in [0.25, 0.3) is 0 Å². The molecule has 0 spiro atoms. The summed E-state index contributed by atoms with van der Waals surface area (Å²) in [5.74, 6) is 1.74. The van der Waals surface area contributed by atoms with E-state index in [2.05, 4.69) is 40.1 Å². The monoisotopic (exact) mass is 268 g/mol. The summed E-state index contributed by atoms with van der Waals surface area (Å²) < 4.78 is 1.03. The molecule has 15 heavy (non-hydrogen) atoms. The van der Waals surface area contributed by atoms with Crippen LogP contribution in [0.1, 0.15) is 26.7 Å². The smallest absolute Gasteiger partial charge is 0.125 e. The van der Waals surface area contributed by atoms with E-state index in [0.717, 1.165) is 22.8 Å². The van der Waals surface area contributed by atoms with Crippen LogP contribution in [-0.2, 0) is 0 Å². The average molecular weight is 269 g/mol. The Labute approximate surface area is 99.6 Å². The molecule has 0 radical (unpaired) electrons. The predicted molar refractivity (Wildman–Crippen MR) is 66.9 cm³/mol. The molecule has 1 aliphatic rings. The van der Waals surface area contributed by atoms with E-state index < -0.39 is 0 Å². The molecular formula is C12H17BrN2. The van der Waals surface area contributed by atoms with Crippen LogP contribution >= 0.6 is 15.9 Å². The molecule has 0 saturated heterocycles. The molecule has 2 rings (SSSR count). The summed E-state index contributed by atoms with van der Waals surface area (Å²) in [5, 5.41) is 3.42. The second-order valence-corrected chi connectivity index (χ2v) is 5.65. The van der Waals surface area contributed by atoms with Crippen molar-refractivity contribution in [1.82, 2.24) is 4.98 Å². The minimum atomic E-state index is 0.536. The maximum Gasteiger partial charge on any atom is 0.125 e. The van der Waals surface area contributed by atoms with Crippen molar-refractivity contribution in [2.45, 2.75) is 26.7 Å². The third-order valence-electron chi connectivity index (χ3n) is 3.47. The van der Waals surface area contributed by atoms with Crippen LogP contribution in [0.2, 0.25) is 0 Å². The predicted octanol–water partition coefficient (Wildman–Crippen LogP) is 3.69. The SMILES string of the molecule is CC(C)C1(CNc2ccc(Br)cn2)CC1. The Kier molecular flexibility index (Phi) is 3.01. The number of halogens is 1. The Morgan fingerprint density at radius 3 is 2.67 bits per heavy atom. The fourth-order valence-electron chi connectivity index (χ4n) is 1.87. The molecule has 1 aromatic heterocycles. The van der Waals surface area contributed by atoms with Crippen LogP contribution in [0.5, 0.6) is 0 Å². The van der Waals surface area contributed by atoms with Crippen molar-refractivity contribution < 1.29 is 0 Å². The van der Waals surface area contributed by atoms with Crippen molar-refractivity contribution in [3.63, 3.8) is 0 Å². The van der Waals surface area contributed by atoms with Crippen LogP contribution in [0.3, 0.4) is 0 Å². The lowest BCUT2D eigenvalue weighted by Gasteiger charge is -2.20. The first kappa shape index (κ1) is 10.9. The van der Waals surface area contributed by atoms with Crippen LogP contribution in [0, 0.1) is 11.3 Å². The third-order valence-corrected chi connectivity index (χ3v) is 3.94. The van der Waals surface area contributed by atoms with Gasteiger partial charge in [0, 0.05) is 17.2 Å². The molecule has 1 aliphatic carbocycles. The van der Waals surface area contributed by atoms with E-state index in [9.17, 15) is 0 Å². The molecule has 0 atom stereocenters. The molecule has 1 fully saturated rings. The van der Waals surface area contributed by atoms with Gasteiger partial charge in [0.15, 0.2) is 0 Å². The van der Waals surface area contributed by atoms with E-state index in [4.69, 9.17) is 0 Å². The summed E-state index contributed by atoms with van der Waals surface area (Å²) in [7, 11) is 0. The minimum Gasteiger partial charge on any atom is -0.370 e. The number of hydrogen-bond acceptors (Lipinski definition) is 2. The standard InChI is InChI=1S/C12H17BrN2/c1-9(2)12(5-6-12)8-15-11-4-3-10(13)7-14-11/h3-4,7,9H,5-6,8H2,1-2H3,(H,14,15). The summed E-state index contributed by atoms with van der Waals surface area (Å²) in [6.07, 6.45) is 4.54. The van der Waals surface area contributed by atoms with Crippen molar-refractivity contribution in [3.8, 4) is 0 Å². The number of nitrogens with zero attached hydrogens (tertiary/aromatic N) is 1. The number of pyridine rings is 1. The van der Waals surface area contributed by atoms with Gasteiger partial charge in [-0.3, -0.25) is 0 Å². The van der Waals surface area contributed by atoms with E-state index in [1.807, 2.05) is 18.3 Å². The molecule has 1 N–H and O–H groups in total. The van der Waals surface area contributed by atoms with Gasteiger partial charge in [0.1, 0.15) is 5.82 Å². The Bertz CT molecular complexity index is 328. The molecule has 1 aromatic rings. The lowest BCUT2D eigenvalue weighted by molar-refractivity contribution is 0.380. The molecule has 2 nitrogen and oxygen atoms in total. The maximum absolute atomic E-state index is 4.31. The number of rotatable bonds is 4. The van der Waals surface area contributed by atoms with Gasteiger partial charge in [-0.15, -0.1) is 0 Å². The van der Waals surface area contributed by atoms with Crippen LogP contribution in [0.25, 0.3) is 0 Å². The zero-order valence-electron chi connectivity index (χ0n) is 9.26. The highest BCUT2D eigenvalue weighted by Gasteiger charge is 2.44. The quantitative estimate of drug-likeness (QED) is 0.901. The van der Waals surface area contributed by atoms with E-state index >= 15 is 0 Å². The van der Waals surface area contributed by atoms with E-state index in [1.54, 1.807) is 0 Å². The van der Waals surface area contributed by atoms with Gasteiger partial charge in [-0.25, -0.2) is 4.98 Å². The van der Waals surface area contributed by atoms with Crippen molar-refractivity contribution >= 4 is 21.7 Å². The Balaban J connectivity index is 1.91. The van der Waals surface area contributed by atoms with E-state index in [-0.39, 0.29) is 0 Å². The molecular weight excluding hydrogens is 252 g/mol. The van der Waals surface area contributed by atoms with Crippen LogP contribution < -0.4 is 5.32 Å². The summed E-state index contributed by atoms with van der Waals surface area (Å²) in [6, 6.07) is 4.03. The van der Waals surface area contributed by atoms with Crippen molar-refractivity contribution in [2.75, 3.05) is 11.9 Å². The van der Waals surface area contributed by atoms with Gasteiger partial charge in [-0.2, -0.15) is 0 Å². The van der Waals surface area contributed by atoms with Crippen LogP contribution in [0.15, 0.2) is 22.8 Å². The number of nitrogens with one attached hydrogen (secondary N) is 1. The third kappa shape index (κ3) is 2.51. The second kappa shape index (κ2) is 4.12. The van der Waals surface area contributed by atoms with Gasteiger partial charge in [0.2, 0.25) is 0 Å². The average Bonchev–Trinajstić information content (AvgIpc) is 2.98. The van der Waals surface area contributed by atoms with Crippen molar-refractivity contribution in [1.29, 1.82) is 0 Å². The molecule has 0 aliphatic heterocycles. The molecule has 0 unspecified atom stereocenters. The topological polar surface area (TPSA) is 24.9 Å². The molecule has 82 valence electrons. The molecule has 1 saturated carbocycles. The molecule has 0 bridgehead atoms. The fourth-order valence-corrected chi connectivity index (χ4v) is 2.10. The van der Waals surface area contributed by atoms with Gasteiger partial charge < -0.3 is 5.32 Å². The van der Waals surface area contributed by atoms with Gasteiger partial charge in [-0.05, 0) is 52.2 Å². The van der Waals surface area contributed by atoms with Crippen molar-refractivity contribution in [3.05, 3.63) is 22.8 Å². The maximum atomic E-state index is 4.31. The lowest BCUT2D eigenvalue weighted by atomic mass is 9.92. The largest absolute Gasteiger partial charge is 0.370 e. The summed E-state index contributed by atoms with van der Waals surface area (Å²) in [6.45, 7) is 5.67. The zero-order chi connectivity index (χ0) is 10.9. The zero-order valence-corrected chi connectivity index (χ0v) is 10.8. The highest BCUT2D eigenvalue weighted by Crippen LogP contribution is 2.51. The van der Waals surface area contributed by atoms with Gasteiger partial charge in [0.05, 0.1) is 0 Å². The molecule has 1 heterocycles. The Morgan fingerprint density at radius 1 is 1.47 bits per heavy atom. The van der Waals surface area contributed by atoms with Crippen LogP contribution in [0.4, 0.5) is 5.82 Å².